The summed E-state index contributed by atoms with van der Waals surface area (Å²) in [5.41, 5.74) is 0.00109. The summed E-state index contributed by atoms with van der Waals surface area (Å²) in [6.07, 6.45) is 1.70. The molecule has 0 unspecified atom stereocenters. The highest BCUT2D eigenvalue weighted by Gasteiger charge is 2.33. The number of nitro groups is 1. The molecule has 0 N–H and O–H groups in total. The summed E-state index contributed by atoms with van der Waals surface area (Å²) < 4.78 is 11.0. The van der Waals surface area contributed by atoms with Gasteiger partial charge in [0.15, 0.2) is 5.75 Å². The van der Waals surface area contributed by atoms with Crippen LogP contribution < -0.4 is 4.74 Å². The van der Waals surface area contributed by atoms with E-state index in [-0.39, 0.29) is 22.4 Å². The minimum absolute atomic E-state index is 0.0694. The first-order chi connectivity index (χ1) is 10.1. The van der Waals surface area contributed by atoms with E-state index in [0.717, 1.165) is 18.2 Å². The van der Waals surface area contributed by atoms with E-state index in [0.29, 0.717) is 19.8 Å². The Morgan fingerprint density at radius 1 is 1.48 bits per heavy atom. The van der Waals surface area contributed by atoms with Gasteiger partial charge in [-0.2, -0.15) is 5.26 Å². The maximum absolute atomic E-state index is 11.1. The quantitative estimate of drug-likeness (QED) is 0.460. The Balaban J connectivity index is 2.15. The van der Waals surface area contributed by atoms with Gasteiger partial charge in [-0.15, -0.1) is 0 Å². The lowest BCUT2D eigenvalue weighted by Gasteiger charge is -2.35. The predicted octanol–water partition coefficient (Wildman–Crippen LogP) is 3.04. The molecule has 1 saturated heterocycles. The van der Waals surface area contributed by atoms with E-state index >= 15 is 0 Å². The largest absolute Gasteiger partial charge is 0.486 e. The van der Waals surface area contributed by atoms with E-state index in [2.05, 4.69) is 15.9 Å². The molecule has 1 heterocycles. The zero-order valence-corrected chi connectivity index (χ0v) is 13.0. The van der Waals surface area contributed by atoms with Gasteiger partial charge in [0.25, 0.3) is 0 Å². The zero-order valence-electron chi connectivity index (χ0n) is 11.4. The number of benzene rings is 1. The number of hydrogen-bond acceptors (Lipinski definition) is 5. The average molecular weight is 355 g/mol. The lowest BCUT2D eigenvalue weighted by molar-refractivity contribution is -0.386. The van der Waals surface area contributed by atoms with Gasteiger partial charge in [0.1, 0.15) is 0 Å². The van der Waals surface area contributed by atoms with Crippen molar-refractivity contribution >= 4 is 21.6 Å². The van der Waals surface area contributed by atoms with Crippen molar-refractivity contribution in [3.8, 4) is 11.8 Å². The smallest absolute Gasteiger partial charge is 0.312 e. The van der Waals surface area contributed by atoms with Crippen LogP contribution in [0.15, 0.2) is 18.2 Å². The Bertz CT molecular complexity index is 565. The van der Waals surface area contributed by atoms with Crippen LogP contribution in [0.4, 0.5) is 5.69 Å². The lowest BCUT2D eigenvalue weighted by atomic mass is 9.83. The Kier molecular flexibility index (Phi) is 5.15. The molecule has 1 aliphatic heterocycles. The summed E-state index contributed by atoms with van der Waals surface area (Å²) in [6, 6.07) is 6.13. The molecule has 1 fully saturated rings. The summed E-state index contributed by atoms with van der Waals surface area (Å²) in [4.78, 5) is 10.6. The van der Waals surface area contributed by atoms with Gasteiger partial charge < -0.3 is 9.47 Å². The third-order valence-electron chi connectivity index (χ3n) is 3.66. The fraction of sp³-hybridized carbons (Fsp3) is 0.500. The van der Waals surface area contributed by atoms with Crippen molar-refractivity contribution < 1.29 is 14.4 Å². The summed E-state index contributed by atoms with van der Waals surface area (Å²) >= 11 is 3.50. The minimum Gasteiger partial charge on any atom is -0.486 e. The van der Waals surface area contributed by atoms with Crippen molar-refractivity contribution in [3.05, 3.63) is 33.9 Å². The van der Waals surface area contributed by atoms with Crippen LogP contribution in [0.1, 0.15) is 18.4 Å². The molecular formula is C14H15BrN2O4. The van der Waals surface area contributed by atoms with Crippen LogP contribution in [0.2, 0.25) is 0 Å². The van der Waals surface area contributed by atoms with Gasteiger partial charge >= 0.3 is 5.69 Å². The summed E-state index contributed by atoms with van der Waals surface area (Å²) in [5, 5.41) is 20.6. The standard InChI is InChI=1S/C14H15BrN2O4/c15-9-14(3-5-20-6-4-14)10-21-13-2-1-11(8-16)7-12(13)17(18)19/h1-2,7H,3-6,9-10H2. The number of hydrogen-bond donors (Lipinski definition) is 0. The van der Waals surface area contributed by atoms with E-state index in [9.17, 15) is 10.1 Å². The third-order valence-corrected chi connectivity index (χ3v) is 4.85. The van der Waals surface area contributed by atoms with Crippen LogP contribution in [0.5, 0.6) is 5.75 Å². The molecule has 0 atom stereocenters. The summed E-state index contributed by atoms with van der Waals surface area (Å²) in [7, 11) is 0. The molecule has 0 bridgehead atoms. The second-order valence-corrected chi connectivity index (χ2v) is 5.65. The van der Waals surface area contributed by atoms with Gasteiger partial charge in [-0.3, -0.25) is 10.1 Å². The highest BCUT2D eigenvalue weighted by Crippen LogP contribution is 2.35. The fourth-order valence-corrected chi connectivity index (χ4v) is 2.93. The molecule has 7 heteroatoms. The third kappa shape index (κ3) is 3.71. The number of ether oxygens (including phenoxy) is 2. The molecule has 21 heavy (non-hydrogen) atoms. The zero-order chi connectivity index (χ0) is 15.3. The number of rotatable bonds is 5. The molecule has 0 saturated carbocycles. The first-order valence-electron chi connectivity index (χ1n) is 6.55. The summed E-state index contributed by atoms with van der Waals surface area (Å²) in [6.45, 7) is 1.73. The van der Waals surface area contributed by atoms with Crippen LogP contribution in [-0.4, -0.2) is 30.1 Å². The van der Waals surface area contributed by atoms with Crippen molar-refractivity contribution in [2.45, 2.75) is 12.8 Å². The normalized spacial score (nSPS) is 17.0. The number of halogens is 1. The van der Waals surface area contributed by atoms with Crippen molar-refractivity contribution in [3.63, 3.8) is 0 Å². The van der Waals surface area contributed by atoms with Crippen molar-refractivity contribution in [2.75, 3.05) is 25.2 Å². The van der Waals surface area contributed by atoms with Crippen LogP contribution >= 0.6 is 15.9 Å². The minimum atomic E-state index is -0.527. The second kappa shape index (κ2) is 6.87. The molecule has 0 amide bonds. The first-order valence-corrected chi connectivity index (χ1v) is 7.67. The molecule has 1 aromatic carbocycles. The van der Waals surface area contributed by atoms with E-state index in [1.807, 2.05) is 6.07 Å². The molecule has 2 rings (SSSR count). The Hall–Kier alpha value is -1.65. The fourth-order valence-electron chi connectivity index (χ4n) is 2.20. The predicted molar refractivity (Wildman–Crippen MR) is 79.6 cm³/mol. The maximum Gasteiger partial charge on any atom is 0.312 e. The van der Waals surface area contributed by atoms with Crippen molar-refractivity contribution in [2.24, 2.45) is 5.41 Å². The van der Waals surface area contributed by atoms with Gasteiger partial charge in [-0.1, -0.05) is 15.9 Å². The monoisotopic (exact) mass is 354 g/mol. The van der Waals surface area contributed by atoms with Crippen LogP contribution in [0.25, 0.3) is 0 Å². The number of nitrogens with zero attached hydrogens (tertiary/aromatic N) is 2. The Morgan fingerprint density at radius 2 is 2.19 bits per heavy atom. The van der Waals surface area contributed by atoms with E-state index in [1.165, 1.54) is 18.2 Å². The van der Waals surface area contributed by atoms with Gasteiger partial charge in [-0.25, -0.2) is 0 Å². The molecule has 0 radical (unpaired) electrons. The van der Waals surface area contributed by atoms with E-state index in [4.69, 9.17) is 14.7 Å². The molecule has 0 spiro atoms. The molecule has 6 nitrogen and oxygen atoms in total. The molecule has 1 aromatic rings. The van der Waals surface area contributed by atoms with E-state index in [1.54, 1.807) is 0 Å². The SMILES string of the molecule is N#Cc1ccc(OCC2(CBr)CCOCC2)c([N+](=O)[O-])c1. The van der Waals surface area contributed by atoms with E-state index < -0.39 is 4.92 Å². The maximum atomic E-state index is 11.1. The Morgan fingerprint density at radius 3 is 2.76 bits per heavy atom. The lowest BCUT2D eigenvalue weighted by Crippen LogP contribution is -2.36. The molecule has 0 aromatic heterocycles. The van der Waals surface area contributed by atoms with Gasteiger partial charge in [0, 0.05) is 30.0 Å². The van der Waals surface area contributed by atoms with Gasteiger partial charge in [0.2, 0.25) is 0 Å². The topological polar surface area (TPSA) is 85.4 Å². The molecule has 112 valence electrons. The van der Waals surface area contributed by atoms with Crippen LogP contribution in [-0.2, 0) is 4.74 Å². The number of alkyl halides is 1. The molecule has 1 aliphatic rings. The van der Waals surface area contributed by atoms with Crippen LogP contribution in [0.3, 0.4) is 0 Å². The average Bonchev–Trinajstić information content (AvgIpc) is 2.53. The number of nitro benzene ring substituents is 1. The van der Waals surface area contributed by atoms with Crippen molar-refractivity contribution in [1.82, 2.24) is 0 Å². The second-order valence-electron chi connectivity index (χ2n) is 5.09. The van der Waals surface area contributed by atoms with Gasteiger partial charge in [0.05, 0.1) is 23.2 Å². The van der Waals surface area contributed by atoms with Gasteiger partial charge in [-0.05, 0) is 25.0 Å². The molecule has 0 aliphatic carbocycles. The highest BCUT2D eigenvalue weighted by molar-refractivity contribution is 9.09. The molecular weight excluding hydrogens is 340 g/mol. The highest BCUT2D eigenvalue weighted by atomic mass is 79.9. The number of nitriles is 1. The van der Waals surface area contributed by atoms with Crippen LogP contribution in [0, 0.1) is 26.9 Å². The van der Waals surface area contributed by atoms with Crippen molar-refractivity contribution in [1.29, 1.82) is 5.26 Å². The summed E-state index contributed by atoms with van der Waals surface area (Å²) in [5.74, 6) is 0.200. The first kappa shape index (κ1) is 15.7. The Labute approximate surface area is 130 Å².